The van der Waals surface area contributed by atoms with Gasteiger partial charge in [0.2, 0.25) is 5.89 Å². The van der Waals surface area contributed by atoms with E-state index >= 15 is 0 Å². The molecule has 0 aromatic carbocycles. The van der Waals surface area contributed by atoms with E-state index in [4.69, 9.17) is 9.78 Å². The van der Waals surface area contributed by atoms with Gasteiger partial charge in [-0.25, -0.2) is 0 Å². The van der Waals surface area contributed by atoms with Gasteiger partial charge in [0, 0.05) is 18.8 Å². The van der Waals surface area contributed by atoms with Gasteiger partial charge in [-0.3, -0.25) is 0 Å². The van der Waals surface area contributed by atoms with Gasteiger partial charge in [0.25, 0.3) is 0 Å². The monoisotopic (exact) mass is 219 g/mol. The Labute approximate surface area is 95.7 Å². The highest BCUT2D eigenvalue weighted by Gasteiger charge is 2.19. The number of hydrogen-bond acceptors (Lipinski definition) is 4. The van der Waals surface area contributed by atoms with Gasteiger partial charge < -0.3 is 4.52 Å². The van der Waals surface area contributed by atoms with Gasteiger partial charge >= 0.3 is 0 Å². The van der Waals surface area contributed by atoms with E-state index in [1.54, 1.807) is 0 Å². The van der Waals surface area contributed by atoms with E-state index < -0.39 is 0 Å². The third kappa shape index (κ3) is 2.82. The molecule has 4 nitrogen and oxygen atoms in total. The van der Waals surface area contributed by atoms with Crippen LogP contribution in [0.2, 0.25) is 0 Å². The highest BCUT2D eigenvalue weighted by atomic mass is 16.5. The molecule has 0 atom stereocenters. The largest absolute Gasteiger partial charge is 0.339 e. The van der Waals surface area contributed by atoms with E-state index in [-0.39, 0.29) is 0 Å². The van der Waals surface area contributed by atoms with Gasteiger partial charge in [-0.1, -0.05) is 30.8 Å². The smallest absolute Gasteiger partial charge is 0.227 e. The average molecular weight is 219 g/mol. The van der Waals surface area contributed by atoms with Gasteiger partial charge in [-0.05, 0) is 12.8 Å². The van der Waals surface area contributed by atoms with Gasteiger partial charge in [-0.2, -0.15) is 10.2 Å². The lowest BCUT2D eigenvalue weighted by atomic mass is 10.00. The summed E-state index contributed by atoms with van der Waals surface area (Å²) in [5.41, 5.74) is 0. The Morgan fingerprint density at radius 2 is 2.00 bits per heavy atom. The molecule has 2 rings (SSSR count). The summed E-state index contributed by atoms with van der Waals surface area (Å²) >= 11 is 0. The summed E-state index contributed by atoms with van der Waals surface area (Å²) in [7, 11) is 0. The molecule has 16 heavy (non-hydrogen) atoms. The van der Waals surface area contributed by atoms with Crippen molar-refractivity contribution in [1.29, 1.82) is 5.26 Å². The van der Waals surface area contributed by atoms with Crippen molar-refractivity contribution in [2.24, 2.45) is 0 Å². The first-order chi connectivity index (χ1) is 7.90. The molecule has 1 fully saturated rings. The first-order valence-electron chi connectivity index (χ1n) is 6.09. The molecule has 1 aliphatic carbocycles. The van der Waals surface area contributed by atoms with Crippen molar-refractivity contribution >= 4 is 0 Å². The van der Waals surface area contributed by atoms with Crippen LogP contribution < -0.4 is 0 Å². The van der Waals surface area contributed by atoms with Crippen LogP contribution in [0.5, 0.6) is 0 Å². The molecule has 0 unspecified atom stereocenters. The summed E-state index contributed by atoms with van der Waals surface area (Å²) in [6.07, 6.45) is 8.59. The highest BCUT2D eigenvalue weighted by molar-refractivity contribution is 4.97. The maximum Gasteiger partial charge on any atom is 0.227 e. The van der Waals surface area contributed by atoms with Crippen molar-refractivity contribution < 1.29 is 4.52 Å². The lowest BCUT2D eigenvalue weighted by Crippen LogP contribution is -1.99. The molecule has 1 saturated carbocycles. The number of aromatic nitrogens is 2. The van der Waals surface area contributed by atoms with E-state index in [1.807, 2.05) is 0 Å². The minimum atomic E-state index is 0.451. The summed E-state index contributed by atoms with van der Waals surface area (Å²) in [5, 5.41) is 12.5. The fraction of sp³-hybridized carbons (Fsp3) is 0.750. The number of hydrogen-bond donors (Lipinski definition) is 0. The topological polar surface area (TPSA) is 62.7 Å². The minimum absolute atomic E-state index is 0.451. The molecule has 0 saturated heterocycles. The zero-order valence-electron chi connectivity index (χ0n) is 9.48. The summed E-state index contributed by atoms with van der Waals surface area (Å²) in [6, 6.07) is 2.09. The van der Waals surface area contributed by atoms with Crippen molar-refractivity contribution in [3.8, 4) is 6.07 Å². The van der Waals surface area contributed by atoms with E-state index in [0.717, 1.165) is 5.82 Å². The van der Waals surface area contributed by atoms with Gasteiger partial charge in [-0.15, -0.1) is 0 Å². The van der Waals surface area contributed by atoms with E-state index in [0.29, 0.717) is 24.7 Å². The van der Waals surface area contributed by atoms with Gasteiger partial charge in [0.05, 0.1) is 6.07 Å². The van der Waals surface area contributed by atoms with E-state index in [2.05, 4.69) is 16.2 Å². The second-order valence-corrected chi connectivity index (χ2v) is 4.39. The van der Waals surface area contributed by atoms with Crippen molar-refractivity contribution in [2.75, 3.05) is 0 Å². The van der Waals surface area contributed by atoms with Crippen LogP contribution in [0.15, 0.2) is 4.52 Å². The van der Waals surface area contributed by atoms with Gasteiger partial charge in [0.15, 0.2) is 5.82 Å². The Morgan fingerprint density at radius 1 is 1.25 bits per heavy atom. The van der Waals surface area contributed by atoms with Crippen LogP contribution in [0.4, 0.5) is 0 Å². The van der Waals surface area contributed by atoms with Crippen molar-refractivity contribution in [3.63, 3.8) is 0 Å². The van der Waals surface area contributed by atoms with E-state index in [9.17, 15) is 0 Å². The zero-order chi connectivity index (χ0) is 11.2. The predicted octanol–water partition coefficient (Wildman–Crippen LogP) is 2.96. The maximum atomic E-state index is 8.48. The molecular formula is C12H17N3O. The zero-order valence-corrected chi connectivity index (χ0v) is 9.48. The number of nitrogens with zero attached hydrogens (tertiary/aromatic N) is 3. The minimum Gasteiger partial charge on any atom is -0.339 e. The second kappa shape index (κ2) is 5.64. The van der Waals surface area contributed by atoms with Crippen LogP contribution in [0.3, 0.4) is 0 Å². The lowest BCUT2D eigenvalue weighted by molar-refractivity contribution is 0.368. The average Bonchev–Trinajstić information content (AvgIpc) is 2.60. The molecule has 1 aromatic heterocycles. The fourth-order valence-corrected chi connectivity index (χ4v) is 2.24. The Morgan fingerprint density at radius 3 is 2.69 bits per heavy atom. The third-order valence-corrected chi connectivity index (χ3v) is 3.15. The summed E-state index contributed by atoms with van der Waals surface area (Å²) in [5.74, 6) is 1.94. The summed E-state index contributed by atoms with van der Waals surface area (Å²) < 4.78 is 5.15. The summed E-state index contributed by atoms with van der Waals surface area (Å²) in [6.45, 7) is 0. The molecule has 1 aromatic rings. The van der Waals surface area contributed by atoms with Crippen LogP contribution in [0, 0.1) is 11.3 Å². The molecule has 1 aliphatic rings. The van der Waals surface area contributed by atoms with Crippen molar-refractivity contribution in [3.05, 3.63) is 11.7 Å². The lowest BCUT2D eigenvalue weighted by Gasteiger charge is -2.07. The SMILES string of the molecule is N#CCCc1nc(C2CCCCCC2)no1. The standard InChI is InChI=1S/C12H17N3O/c13-9-5-8-11-14-12(15-16-11)10-6-3-1-2-4-7-10/h10H,1-8H2. The number of nitriles is 1. The Kier molecular flexibility index (Phi) is 3.92. The maximum absolute atomic E-state index is 8.48. The number of rotatable bonds is 3. The van der Waals surface area contributed by atoms with Gasteiger partial charge in [0.1, 0.15) is 0 Å². The molecule has 0 bridgehead atoms. The second-order valence-electron chi connectivity index (χ2n) is 4.39. The molecule has 0 aliphatic heterocycles. The fourth-order valence-electron chi connectivity index (χ4n) is 2.24. The van der Waals surface area contributed by atoms with Crippen molar-refractivity contribution in [1.82, 2.24) is 10.1 Å². The Balaban J connectivity index is 1.97. The van der Waals surface area contributed by atoms with Crippen LogP contribution in [-0.2, 0) is 6.42 Å². The Hall–Kier alpha value is -1.37. The molecule has 0 radical (unpaired) electrons. The van der Waals surface area contributed by atoms with Crippen LogP contribution in [0.1, 0.15) is 62.6 Å². The van der Waals surface area contributed by atoms with E-state index in [1.165, 1.54) is 38.5 Å². The van der Waals surface area contributed by atoms with Crippen LogP contribution in [-0.4, -0.2) is 10.1 Å². The molecule has 1 heterocycles. The predicted molar refractivity (Wildman–Crippen MR) is 58.7 cm³/mol. The molecule has 0 amide bonds. The molecular weight excluding hydrogens is 202 g/mol. The molecule has 86 valence electrons. The Bertz CT molecular complexity index is 359. The molecule has 0 N–H and O–H groups in total. The summed E-state index contributed by atoms with van der Waals surface area (Å²) in [4.78, 5) is 4.38. The molecule has 0 spiro atoms. The van der Waals surface area contributed by atoms with Crippen LogP contribution in [0.25, 0.3) is 0 Å². The highest BCUT2D eigenvalue weighted by Crippen LogP contribution is 2.29. The first-order valence-corrected chi connectivity index (χ1v) is 6.09. The first kappa shape index (κ1) is 11.1. The number of aryl methyl sites for hydroxylation is 1. The normalized spacial score (nSPS) is 17.9. The van der Waals surface area contributed by atoms with Crippen LogP contribution >= 0.6 is 0 Å². The van der Waals surface area contributed by atoms with Crippen molar-refractivity contribution in [2.45, 2.75) is 57.3 Å². The molecule has 4 heteroatoms. The quantitative estimate of drug-likeness (QED) is 0.733. The third-order valence-electron chi connectivity index (χ3n) is 3.15.